The van der Waals surface area contributed by atoms with Gasteiger partial charge in [-0.25, -0.2) is 4.79 Å². The Morgan fingerprint density at radius 2 is 1.96 bits per heavy atom. The van der Waals surface area contributed by atoms with E-state index < -0.39 is 23.6 Å². The number of carbonyl (C=O) groups is 2. The Labute approximate surface area is 135 Å². The van der Waals surface area contributed by atoms with Gasteiger partial charge in [0.2, 0.25) is 0 Å². The molecule has 0 aliphatic carbocycles. The van der Waals surface area contributed by atoms with Crippen LogP contribution in [0.2, 0.25) is 0 Å². The summed E-state index contributed by atoms with van der Waals surface area (Å²) < 4.78 is 10.0. The molecule has 0 fully saturated rings. The van der Waals surface area contributed by atoms with Gasteiger partial charge in [0.15, 0.2) is 11.5 Å². The minimum atomic E-state index is -1.05. The predicted molar refractivity (Wildman–Crippen MR) is 83.7 cm³/mol. The average Bonchev–Trinajstić information content (AvgIpc) is 2.41. The van der Waals surface area contributed by atoms with Crippen molar-refractivity contribution in [2.24, 2.45) is 5.92 Å². The quantitative estimate of drug-likeness (QED) is 0.740. The largest absolute Gasteiger partial charge is 0.504 e. The maximum absolute atomic E-state index is 11.6. The second-order valence-corrected chi connectivity index (χ2v) is 6.13. The van der Waals surface area contributed by atoms with E-state index in [1.807, 2.05) is 0 Å². The molecule has 0 saturated heterocycles. The lowest BCUT2D eigenvalue weighted by atomic mass is 9.99. The molecule has 0 saturated carbocycles. The minimum absolute atomic E-state index is 0.0609. The lowest BCUT2D eigenvalue weighted by Crippen LogP contribution is -2.37. The molecule has 23 heavy (non-hydrogen) atoms. The van der Waals surface area contributed by atoms with Crippen molar-refractivity contribution in [2.75, 3.05) is 13.7 Å². The zero-order valence-electron chi connectivity index (χ0n) is 13.8. The Morgan fingerprint density at radius 1 is 1.30 bits per heavy atom. The summed E-state index contributed by atoms with van der Waals surface area (Å²) in [6.45, 7) is 5.10. The molecule has 1 aromatic rings. The van der Waals surface area contributed by atoms with E-state index in [0.717, 1.165) is 0 Å². The molecule has 0 unspecified atom stereocenters. The number of amides is 1. The first-order valence-corrected chi connectivity index (χ1v) is 7.18. The number of hydrogen-bond acceptors (Lipinski definition) is 5. The molecule has 0 heterocycles. The summed E-state index contributed by atoms with van der Waals surface area (Å²) >= 11 is 0. The zero-order valence-corrected chi connectivity index (χ0v) is 13.8. The molecule has 1 amide bonds. The SMILES string of the molecule is COc1ccc(C[C@@H](CNC(=O)OC(C)(C)C)C(=O)O)cc1O. The van der Waals surface area contributed by atoms with Crippen LogP contribution in [0.1, 0.15) is 26.3 Å². The highest BCUT2D eigenvalue weighted by Gasteiger charge is 2.22. The van der Waals surface area contributed by atoms with E-state index in [9.17, 15) is 19.8 Å². The number of rotatable bonds is 6. The number of phenolic OH excluding ortho intramolecular Hbond substituents is 1. The summed E-state index contributed by atoms with van der Waals surface area (Å²) in [5.41, 5.74) is -0.0217. The number of methoxy groups -OCH3 is 1. The van der Waals surface area contributed by atoms with Crippen molar-refractivity contribution in [1.82, 2.24) is 5.32 Å². The van der Waals surface area contributed by atoms with Crippen molar-refractivity contribution in [1.29, 1.82) is 0 Å². The number of carboxylic acid groups (broad SMARTS) is 1. The van der Waals surface area contributed by atoms with Crippen molar-refractivity contribution < 1.29 is 29.3 Å². The molecule has 3 N–H and O–H groups in total. The van der Waals surface area contributed by atoms with Crippen LogP contribution in [0.3, 0.4) is 0 Å². The molecule has 0 radical (unpaired) electrons. The second-order valence-electron chi connectivity index (χ2n) is 6.13. The lowest BCUT2D eigenvalue weighted by molar-refractivity contribution is -0.141. The molecule has 1 atom stereocenters. The number of aromatic hydroxyl groups is 1. The molecule has 1 rings (SSSR count). The number of ether oxygens (including phenoxy) is 2. The molecule has 128 valence electrons. The first-order valence-electron chi connectivity index (χ1n) is 7.18. The van der Waals surface area contributed by atoms with E-state index in [1.54, 1.807) is 32.9 Å². The molecule has 0 bridgehead atoms. The van der Waals surface area contributed by atoms with Crippen LogP contribution in [0.15, 0.2) is 18.2 Å². The van der Waals surface area contributed by atoms with Crippen molar-refractivity contribution >= 4 is 12.1 Å². The van der Waals surface area contributed by atoms with Crippen LogP contribution in [0.25, 0.3) is 0 Å². The molecule has 7 nitrogen and oxygen atoms in total. The normalized spacial score (nSPS) is 12.3. The Hall–Kier alpha value is -2.44. The molecule has 0 aromatic heterocycles. The summed E-state index contributed by atoms with van der Waals surface area (Å²) in [5, 5.41) is 21.4. The van der Waals surface area contributed by atoms with Gasteiger partial charge in [0.1, 0.15) is 5.60 Å². The summed E-state index contributed by atoms with van der Waals surface area (Å²) in [6, 6.07) is 4.68. The highest BCUT2D eigenvalue weighted by Crippen LogP contribution is 2.27. The number of carbonyl (C=O) groups excluding carboxylic acids is 1. The zero-order chi connectivity index (χ0) is 17.6. The van der Waals surface area contributed by atoms with Gasteiger partial charge in [0.25, 0.3) is 0 Å². The van der Waals surface area contributed by atoms with Crippen LogP contribution in [-0.4, -0.2) is 41.5 Å². The fraction of sp³-hybridized carbons (Fsp3) is 0.500. The summed E-state index contributed by atoms with van der Waals surface area (Å²) in [6.07, 6.45) is -0.510. The van der Waals surface area contributed by atoms with Crippen molar-refractivity contribution in [3.8, 4) is 11.5 Å². The van der Waals surface area contributed by atoms with Crippen LogP contribution >= 0.6 is 0 Å². The van der Waals surface area contributed by atoms with E-state index in [1.165, 1.54) is 13.2 Å². The molecular formula is C16H23NO6. The Balaban J connectivity index is 2.67. The van der Waals surface area contributed by atoms with E-state index in [2.05, 4.69) is 5.32 Å². The number of alkyl carbamates (subject to hydrolysis) is 1. The topological polar surface area (TPSA) is 105 Å². The number of phenols is 1. The van der Waals surface area contributed by atoms with Gasteiger partial charge in [-0.05, 0) is 44.9 Å². The fourth-order valence-corrected chi connectivity index (χ4v) is 1.91. The first-order chi connectivity index (χ1) is 10.6. The molecule has 0 aliphatic rings. The minimum Gasteiger partial charge on any atom is -0.504 e. The maximum Gasteiger partial charge on any atom is 0.407 e. The molecule has 0 aliphatic heterocycles. The van der Waals surface area contributed by atoms with Crippen LogP contribution in [0, 0.1) is 5.92 Å². The van der Waals surface area contributed by atoms with E-state index >= 15 is 0 Å². The number of carboxylic acids is 1. The number of aliphatic carboxylic acids is 1. The third-order valence-corrected chi connectivity index (χ3v) is 2.97. The van der Waals surface area contributed by atoms with E-state index in [4.69, 9.17) is 9.47 Å². The summed E-state index contributed by atoms with van der Waals surface area (Å²) in [7, 11) is 1.43. The van der Waals surface area contributed by atoms with Gasteiger partial charge in [-0.1, -0.05) is 6.07 Å². The second kappa shape index (κ2) is 7.71. The molecule has 7 heteroatoms. The smallest absolute Gasteiger partial charge is 0.407 e. The van der Waals surface area contributed by atoms with Gasteiger partial charge < -0.3 is 25.0 Å². The Bertz CT molecular complexity index is 564. The predicted octanol–water partition coefficient (Wildman–Crippen LogP) is 2.17. The van der Waals surface area contributed by atoms with Crippen LogP contribution in [0.4, 0.5) is 4.79 Å². The summed E-state index contributed by atoms with van der Waals surface area (Å²) in [5.74, 6) is -1.63. The van der Waals surface area contributed by atoms with E-state index in [0.29, 0.717) is 11.3 Å². The number of hydrogen-bond donors (Lipinski definition) is 3. The van der Waals surface area contributed by atoms with E-state index in [-0.39, 0.29) is 18.7 Å². The van der Waals surface area contributed by atoms with Gasteiger partial charge in [0.05, 0.1) is 13.0 Å². The third kappa shape index (κ3) is 6.46. The first kappa shape index (κ1) is 18.6. The monoisotopic (exact) mass is 325 g/mol. The highest BCUT2D eigenvalue weighted by atomic mass is 16.6. The Morgan fingerprint density at radius 3 is 2.43 bits per heavy atom. The fourth-order valence-electron chi connectivity index (χ4n) is 1.91. The highest BCUT2D eigenvalue weighted by molar-refractivity contribution is 5.73. The standard InChI is InChI=1S/C16H23NO6/c1-16(2,3)23-15(21)17-9-11(14(19)20)7-10-5-6-13(22-4)12(18)8-10/h5-6,8,11,18H,7,9H2,1-4H3,(H,17,21)(H,19,20)/t11-/m0/s1. The molecule has 1 aromatic carbocycles. The van der Waals surface area contributed by atoms with Gasteiger partial charge in [0, 0.05) is 6.54 Å². The van der Waals surface area contributed by atoms with Gasteiger partial charge in [-0.15, -0.1) is 0 Å². The van der Waals surface area contributed by atoms with Crippen molar-refractivity contribution in [3.63, 3.8) is 0 Å². The van der Waals surface area contributed by atoms with Crippen LogP contribution in [0.5, 0.6) is 11.5 Å². The van der Waals surface area contributed by atoms with Gasteiger partial charge >= 0.3 is 12.1 Å². The van der Waals surface area contributed by atoms with Crippen molar-refractivity contribution in [3.05, 3.63) is 23.8 Å². The van der Waals surface area contributed by atoms with Gasteiger partial charge in [-0.2, -0.15) is 0 Å². The molecular weight excluding hydrogens is 302 g/mol. The van der Waals surface area contributed by atoms with Crippen LogP contribution in [-0.2, 0) is 16.0 Å². The number of nitrogens with one attached hydrogen (secondary N) is 1. The number of benzene rings is 1. The Kier molecular flexibility index (Phi) is 6.24. The van der Waals surface area contributed by atoms with Crippen LogP contribution < -0.4 is 10.1 Å². The van der Waals surface area contributed by atoms with Crippen molar-refractivity contribution in [2.45, 2.75) is 32.8 Å². The average molecular weight is 325 g/mol. The lowest BCUT2D eigenvalue weighted by Gasteiger charge is -2.21. The van der Waals surface area contributed by atoms with Gasteiger partial charge in [-0.3, -0.25) is 4.79 Å². The maximum atomic E-state index is 11.6. The third-order valence-electron chi connectivity index (χ3n) is 2.97. The molecule has 0 spiro atoms. The summed E-state index contributed by atoms with van der Waals surface area (Å²) in [4.78, 5) is 22.9.